The minimum Gasteiger partial charge on any atom is -0.311 e. The summed E-state index contributed by atoms with van der Waals surface area (Å²) in [6.45, 7) is 1.18. The molecule has 0 amide bonds. The van der Waals surface area contributed by atoms with Gasteiger partial charge >= 0.3 is 0 Å². The van der Waals surface area contributed by atoms with Crippen LogP contribution in [0.15, 0.2) is 30.3 Å². The lowest BCUT2D eigenvalue weighted by atomic mass is 9.96. The molecule has 1 nitrogen and oxygen atoms in total. The van der Waals surface area contributed by atoms with Gasteiger partial charge in [0.15, 0.2) is 0 Å². The van der Waals surface area contributed by atoms with E-state index in [0.29, 0.717) is 5.54 Å². The summed E-state index contributed by atoms with van der Waals surface area (Å²) < 4.78 is 0. The maximum atomic E-state index is 3.66. The minimum atomic E-state index is 0.570. The third kappa shape index (κ3) is 1.28. The van der Waals surface area contributed by atoms with Crippen molar-refractivity contribution in [2.24, 2.45) is 0 Å². The predicted molar refractivity (Wildman–Crippen MR) is 53.8 cm³/mol. The second-order valence-electron chi connectivity index (χ2n) is 4.47. The van der Waals surface area contributed by atoms with E-state index in [1.54, 1.807) is 0 Å². The van der Waals surface area contributed by atoms with Crippen LogP contribution in [0.25, 0.3) is 0 Å². The van der Waals surface area contributed by atoms with E-state index in [1.165, 1.54) is 31.4 Å². The fourth-order valence-electron chi connectivity index (χ4n) is 2.45. The largest absolute Gasteiger partial charge is 0.311 e. The summed E-state index contributed by atoms with van der Waals surface area (Å²) >= 11 is 0. The number of benzene rings is 1. The Kier molecular flexibility index (Phi) is 1.50. The fourth-order valence-corrected chi connectivity index (χ4v) is 2.45. The van der Waals surface area contributed by atoms with E-state index in [4.69, 9.17) is 0 Å². The Morgan fingerprint density at radius 2 is 1.92 bits per heavy atom. The molecule has 1 aliphatic heterocycles. The third-order valence-electron chi connectivity index (χ3n) is 3.49. The van der Waals surface area contributed by atoms with Crippen molar-refractivity contribution in [1.29, 1.82) is 0 Å². The fraction of sp³-hybridized carbons (Fsp3) is 0.500. The first kappa shape index (κ1) is 7.57. The molecule has 1 heteroatoms. The molecule has 1 saturated carbocycles. The summed E-state index contributed by atoms with van der Waals surface area (Å²) in [4.78, 5) is 0. The zero-order chi connectivity index (χ0) is 8.73. The highest BCUT2D eigenvalue weighted by Gasteiger charge is 2.48. The van der Waals surface area contributed by atoms with Gasteiger partial charge in [-0.2, -0.15) is 0 Å². The van der Waals surface area contributed by atoms with Gasteiger partial charge in [-0.05, 0) is 30.7 Å². The van der Waals surface area contributed by atoms with E-state index in [2.05, 4.69) is 35.6 Å². The molecule has 0 unspecified atom stereocenters. The van der Waals surface area contributed by atoms with Crippen LogP contribution in [0, 0.1) is 0 Å². The Morgan fingerprint density at radius 1 is 1.15 bits per heavy atom. The normalized spacial score (nSPS) is 29.4. The Morgan fingerprint density at radius 3 is 2.54 bits per heavy atom. The van der Waals surface area contributed by atoms with E-state index in [0.717, 1.165) is 5.92 Å². The lowest BCUT2D eigenvalue weighted by Gasteiger charge is -2.08. The number of hydrogen-bond donors (Lipinski definition) is 1. The molecular formula is C12H15N. The molecule has 0 radical (unpaired) electrons. The van der Waals surface area contributed by atoms with Gasteiger partial charge in [0, 0.05) is 12.1 Å². The van der Waals surface area contributed by atoms with Crippen molar-refractivity contribution < 1.29 is 0 Å². The Hall–Kier alpha value is -0.820. The highest BCUT2D eigenvalue weighted by atomic mass is 15.1. The summed E-state index contributed by atoms with van der Waals surface area (Å²) in [5, 5.41) is 3.66. The van der Waals surface area contributed by atoms with E-state index < -0.39 is 0 Å². The van der Waals surface area contributed by atoms with Crippen LogP contribution in [0.4, 0.5) is 0 Å². The predicted octanol–water partition coefficient (Wildman–Crippen LogP) is 2.30. The lowest BCUT2D eigenvalue weighted by molar-refractivity contribution is 0.595. The average Bonchev–Trinajstić information content (AvgIpc) is 2.78. The quantitative estimate of drug-likeness (QED) is 0.687. The Labute approximate surface area is 79.2 Å². The Balaban J connectivity index is 1.80. The molecule has 2 fully saturated rings. The summed E-state index contributed by atoms with van der Waals surface area (Å²) in [7, 11) is 0. The monoisotopic (exact) mass is 173 g/mol. The van der Waals surface area contributed by atoms with E-state index in [1.807, 2.05) is 0 Å². The first-order valence-electron chi connectivity index (χ1n) is 5.18. The first-order chi connectivity index (χ1) is 6.38. The highest BCUT2D eigenvalue weighted by Crippen LogP contribution is 2.47. The molecule has 68 valence electrons. The number of nitrogens with one attached hydrogen (secondary N) is 1. The second kappa shape index (κ2) is 2.58. The molecule has 13 heavy (non-hydrogen) atoms. The van der Waals surface area contributed by atoms with Crippen molar-refractivity contribution in [3.8, 4) is 0 Å². The molecule has 0 bridgehead atoms. The smallest absolute Gasteiger partial charge is 0.0189 e. The average molecular weight is 173 g/mol. The molecule has 3 rings (SSSR count). The summed E-state index contributed by atoms with van der Waals surface area (Å²) in [6, 6.07) is 10.9. The third-order valence-corrected chi connectivity index (χ3v) is 3.49. The standard InChI is InChI=1S/C12H15N/c1-2-4-10(5-3-1)11-8-12(6-7-12)13-9-11/h1-5,11,13H,6-9H2/t11-/m0/s1. The zero-order valence-electron chi connectivity index (χ0n) is 7.79. The molecule has 1 atom stereocenters. The van der Waals surface area contributed by atoms with Gasteiger partial charge in [-0.15, -0.1) is 0 Å². The second-order valence-corrected chi connectivity index (χ2v) is 4.47. The summed E-state index contributed by atoms with van der Waals surface area (Å²) in [5.41, 5.74) is 2.08. The molecular weight excluding hydrogens is 158 g/mol. The molecule has 1 aromatic rings. The minimum absolute atomic E-state index is 0.570. The van der Waals surface area contributed by atoms with E-state index in [-0.39, 0.29) is 0 Å². The van der Waals surface area contributed by atoms with Crippen LogP contribution in [0.1, 0.15) is 30.7 Å². The number of rotatable bonds is 1. The SMILES string of the molecule is c1ccc([C@@H]2CNC3(CC3)C2)cc1. The van der Waals surface area contributed by atoms with Crippen LogP contribution < -0.4 is 5.32 Å². The topological polar surface area (TPSA) is 12.0 Å². The van der Waals surface area contributed by atoms with Crippen molar-refractivity contribution >= 4 is 0 Å². The van der Waals surface area contributed by atoms with Crippen LogP contribution in [-0.2, 0) is 0 Å². The molecule has 1 aromatic carbocycles. The van der Waals surface area contributed by atoms with E-state index in [9.17, 15) is 0 Å². The van der Waals surface area contributed by atoms with Crippen molar-refractivity contribution in [1.82, 2.24) is 5.32 Å². The van der Waals surface area contributed by atoms with Gasteiger partial charge in [0.05, 0.1) is 0 Å². The van der Waals surface area contributed by atoms with Gasteiger partial charge in [0.2, 0.25) is 0 Å². The van der Waals surface area contributed by atoms with Gasteiger partial charge in [-0.25, -0.2) is 0 Å². The highest BCUT2D eigenvalue weighted by molar-refractivity contribution is 5.25. The zero-order valence-corrected chi connectivity index (χ0v) is 7.79. The van der Waals surface area contributed by atoms with Crippen molar-refractivity contribution in [2.45, 2.75) is 30.7 Å². The van der Waals surface area contributed by atoms with Gasteiger partial charge < -0.3 is 5.32 Å². The summed E-state index contributed by atoms with van der Waals surface area (Å²) in [5.74, 6) is 0.767. The van der Waals surface area contributed by atoms with Crippen molar-refractivity contribution in [3.63, 3.8) is 0 Å². The molecule has 1 heterocycles. The van der Waals surface area contributed by atoms with Crippen LogP contribution in [0.3, 0.4) is 0 Å². The Bertz CT molecular complexity index is 300. The number of hydrogen-bond acceptors (Lipinski definition) is 1. The molecule has 1 N–H and O–H groups in total. The maximum Gasteiger partial charge on any atom is 0.0189 e. The molecule has 1 aliphatic carbocycles. The van der Waals surface area contributed by atoms with Crippen LogP contribution in [0.5, 0.6) is 0 Å². The van der Waals surface area contributed by atoms with Crippen molar-refractivity contribution in [3.05, 3.63) is 35.9 Å². The van der Waals surface area contributed by atoms with Gasteiger partial charge in [0.25, 0.3) is 0 Å². The van der Waals surface area contributed by atoms with Gasteiger partial charge in [-0.3, -0.25) is 0 Å². The molecule has 1 spiro atoms. The maximum absolute atomic E-state index is 3.66. The van der Waals surface area contributed by atoms with Gasteiger partial charge in [0.1, 0.15) is 0 Å². The first-order valence-corrected chi connectivity index (χ1v) is 5.18. The van der Waals surface area contributed by atoms with Crippen LogP contribution in [0.2, 0.25) is 0 Å². The molecule has 1 saturated heterocycles. The molecule has 2 aliphatic rings. The van der Waals surface area contributed by atoms with Crippen LogP contribution >= 0.6 is 0 Å². The van der Waals surface area contributed by atoms with Crippen LogP contribution in [-0.4, -0.2) is 12.1 Å². The van der Waals surface area contributed by atoms with E-state index >= 15 is 0 Å². The lowest BCUT2D eigenvalue weighted by Crippen LogP contribution is -2.22. The van der Waals surface area contributed by atoms with Gasteiger partial charge in [-0.1, -0.05) is 30.3 Å². The summed E-state index contributed by atoms with van der Waals surface area (Å²) in [6.07, 6.45) is 4.16. The van der Waals surface area contributed by atoms with Crippen molar-refractivity contribution in [2.75, 3.05) is 6.54 Å². The molecule has 0 aromatic heterocycles.